The summed E-state index contributed by atoms with van der Waals surface area (Å²) in [6.45, 7) is 0. The van der Waals surface area contributed by atoms with Crippen LogP contribution in [0.1, 0.15) is 12.1 Å². The van der Waals surface area contributed by atoms with Crippen molar-refractivity contribution in [3.8, 4) is 0 Å². The molecule has 0 aliphatic carbocycles. The van der Waals surface area contributed by atoms with Crippen LogP contribution in [0.4, 0.5) is 0 Å². The number of hydrogen-bond acceptors (Lipinski definition) is 4. The van der Waals surface area contributed by atoms with Crippen molar-refractivity contribution in [2.45, 2.75) is 12.2 Å². The van der Waals surface area contributed by atoms with Crippen molar-refractivity contribution in [3.05, 3.63) is 42.4 Å². The average Bonchev–Trinajstić information content (AvgIpc) is 2.18. The molecule has 1 aliphatic heterocycles. The van der Waals surface area contributed by atoms with E-state index in [2.05, 4.69) is 9.98 Å². The van der Waals surface area contributed by atoms with Gasteiger partial charge in [0.15, 0.2) is 5.79 Å². The summed E-state index contributed by atoms with van der Waals surface area (Å²) in [5.74, 6) is -1.80. The summed E-state index contributed by atoms with van der Waals surface area (Å²) >= 11 is 0. The first-order chi connectivity index (χ1) is 6.67. The number of rotatable bonds is 1. The number of aromatic nitrogens is 1. The van der Waals surface area contributed by atoms with Gasteiger partial charge in [0.2, 0.25) is 0 Å². The predicted molar refractivity (Wildman–Crippen MR) is 58.9 cm³/mol. The normalized spacial score (nSPS) is 17.9. The smallest absolute Gasteiger partial charge is 0.190 e. The number of aliphatic hydroxyl groups is 2. The van der Waals surface area contributed by atoms with Gasteiger partial charge in [0.25, 0.3) is 0 Å². The zero-order valence-electron chi connectivity index (χ0n) is 7.87. The molecule has 15 heavy (non-hydrogen) atoms. The van der Waals surface area contributed by atoms with Crippen molar-refractivity contribution < 1.29 is 10.2 Å². The van der Waals surface area contributed by atoms with Crippen molar-refractivity contribution in [1.82, 2.24) is 4.98 Å². The lowest BCUT2D eigenvalue weighted by Crippen LogP contribution is -2.31. The molecule has 0 atom stereocenters. The van der Waals surface area contributed by atoms with Crippen LogP contribution in [0.15, 0.2) is 41.7 Å². The Kier molecular flexibility index (Phi) is 3.57. The van der Waals surface area contributed by atoms with Gasteiger partial charge in [0.05, 0.1) is 11.4 Å². The highest BCUT2D eigenvalue weighted by molar-refractivity contribution is 6.00. The van der Waals surface area contributed by atoms with Gasteiger partial charge < -0.3 is 10.2 Å². The minimum atomic E-state index is -1.80. The number of halogens is 1. The minimum absolute atomic E-state index is 0. The molecule has 1 aromatic heterocycles. The van der Waals surface area contributed by atoms with Gasteiger partial charge in [-0.05, 0) is 18.2 Å². The van der Waals surface area contributed by atoms with Crippen LogP contribution in [-0.4, -0.2) is 26.7 Å². The second-order valence-electron chi connectivity index (χ2n) is 3.16. The van der Waals surface area contributed by atoms with E-state index < -0.39 is 5.79 Å². The van der Waals surface area contributed by atoms with Crippen molar-refractivity contribution >= 4 is 18.1 Å². The lowest BCUT2D eigenvalue weighted by molar-refractivity contribution is -0.111. The van der Waals surface area contributed by atoms with Gasteiger partial charge >= 0.3 is 0 Å². The van der Waals surface area contributed by atoms with Crippen LogP contribution >= 0.6 is 12.4 Å². The molecule has 0 unspecified atom stereocenters. The van der Waals surface area contributed by atoms with Crippen LogP contribution in [-0.2, 0) is 0 Å². The molecule has 80 valence electrons. The van der Waals surface area contributed by atoms with Crippen molar-refractivity contribution in [2.75, 3.05) is 0 Å². The van der Waals surface area contributed by atoms with E-state index in [1.165, 1.54) is 12.3 Å². The highest BCUT2D eigenvalue weighted by Crippen LogP contribution is 2.17. The predicted octanol–water partition coefficient (Wildman–Crippen LogP) is 0.891. The number of pyridine rings is 1. The van der Waals surface area contributed by atoms with E-state index in [1.807, 2.05) is 6.07 Å². The summed E-state index contributed by atoms with van der Waals surface area (Å²) in [4.78, 5) is 8.13. The molecule has 2 N–H and O–H groups in total. The Balaban J connectivity index is 0.00000112. The third-order valence-corrected chi connectivity index (χ3v) is 1.96. The third-order valence-electron chi connectivity index (χ3n) is 1.96. The van der Waals surface area contributed by atoms with E-state index in [0.717, 1.165) is 0 Å². The van der Waals surface area contributed by atoms with E-state index in [4.69, 9.17) is 0 Å². The van der Waals surface area contributed by atoms with Gasteiger partial charge in [-0.15, -0.1) is 12.4 Å². The molecule has 1 aliphatic rings. The molecule has 0 bridgehead atoms. The first kappa shape index (κ1) is 11.8. The third kappa shape index (κ3) is 2.86. The SMILES string of the molecule is Cl.OC1(O)C=CN=C(c2ccccn2)C1. The van der Waals surface area contributed by atoms with Crippen LogP contribution in [0.2, 0.25) is 0 Å². The topological polar surface area (TPSA) is 65.7 Å². The van der Waals surface area contributed by atoms with Crippen LogP contribution in [0.5, 0.6) is 0 Å². The fourth-order valence-electron chi connectivity index (χ4n) is 1.29. The van der Waals surface area contributed by atoms with Gasteiger partial charge in [-0.3, -0.25) is 9.98 Å². The van der Waals surface area contributed by atoms with Gasteiger partial charge in [0, 0.05) is 18.8 Å². The van der Waals surface area contributed by atoms with E-state index in [-0.39, 0.29) is 18.8 Å². The van der Waals surface area contributed by atoms with Crippen LogP contribution in [0.25, 0.3) is 0 Å². The molecule has 0 saturated carbocycles. The molecule has 0 fully saturated rings. The maximum atomic E-state index is 9.37. The molecule has 0 aromatic carbocycles. The lowest BCUT2D eigenvalue weighted by Gasteiger charge is -2.20. The maximum absolute atomic E-state index is 9.37. The molecular formula is C10H11ClN2O2. The van der Waals surface area contributed by atoms with Gasteiger partial charge in [-0.25, -0.2) is 0 Å². The Hall–Kier alpha value is -1.23. The quantitative estimate of drug-likeness (QED) is 0.699. The first-order valence-corrected chi connectivity index (χ1v) is 4.28. The number of hydrogen-bond donors (Lipinski definition) is 2. The van der Waals surface area contributed by atoms with E-state index >= 15 is 0 Å². The van der Waals surface area contributed by atoms with Crippen LogP contribution in [0.3, 0.4) is 0 Å². The van der Waals surface area contributed by atoms with Crippen molar-refractivity contribution in [1.29, 1.82) is 0 Å². The summed E-state index contributed by atoms with van der Waals surface area (Å²) < 4.78 is 0. The van der Waals surface area contributed by atoms with E-state index in [0.29, 0.717) is 11.4 Å². The molecule has 0 amide bonds. The molecule has 4 nitrogen and oxygen atoms in total. The minimum Gasteiger partial charge on any atom is -0.362 e. The molecule has 1 aromatic rings. The van der Waals surface area contributed by atoms with Gasteiger partial charge in [-0.2, -0.15) is 0 Å². The first-order valence-electron chi connectivity index (χ1n) is 4.28. The van der Waals surface area contributed by atoms with E-state index in [1.54, 1.807) is 18.3 Å². The Morgan fingerprint density at radius 2 is 2.07 bits per heavy atom. The standard InChI is InChI=1S/C10H10N2O2.ClH/c13-10(14)4-6-12-9(7-10)8-3-1-2-5-11-8;/h1-6,13-14H,7H2;1H. The zero-order valence-corrected chi connectivity index (χ0v) is 8.68. The van der Waals surface area contributed by atoms with Crippen molar-refractivity contribution in [2.24, 2.45) is 4.99 Å². The summed E-state index contributed by atoms with van der Waals surface area (Å²) in [6, 6.07) is 5.42. The fraction of sp³-hybridized carbons (Fsp3) is 0.200. The summed E-state index contributed by atoms with van der Waals surface area (Å²) in [5.41, 5.74) is 1.25. The van der Waals surface area contributed by atoms with Crippen LogP contribution < -0.4 is 0 Å². The highest BCUT2D eigenvalue weighted by atomic mass is 35.5. The summed E-state index contributed by atoms with van der Waals surface area (Å²) in [5, 5.41) is 18.7. The second-order valence-corrected chi connectivity index (χ2v) is 3.16. The molecular weight excluding hydrogens is 216 g/mol. The van der Waals surface area contributed by atoms with E-state index in [9.17, 15) is 10.2 Å². The zero-order chi connectivity index (χ0) is 10.0. The molecule has 0 saturated heterocycles. The fourth-order valence-corrected chi connectivity index (χ4v) is 1.29. The number of nitrogens with zero attached hydrogens (tertiary/aromatic N) is 2. The Bertz CT molecular complexity index is 388. The molecule has 2 heterocycles. The lowest BCUT2D eigenvalue weighted by atomic mass is 10.0. The maximum Gasteiger partial charge on any atom is 0.190 e. The summed E-state index contributed by atoms with van der Waals surface area (Å²) in [7, 11) is 0. The average molecular weight is 227 g/mol. The number of aliphatic imine (C=N–C) groups is 1. The molecule has 2 rings (SSSR count). The summed E-state index contributed by atoms with van der Waals surface area (Å²) in [6.07, 6.45) is 4.35. The largest absolute Gasteiger partial charge is 0.362 e. The molecule has 0 radical (unpaired) electrons. The Morgan fingerprint density at radius 3 is 2.67 bits per heavy atom. The highest BCUT2D eigenvalue weighted by Gasteiger charge is 2.25. The van der Waals surface area contributed by atoms with Gasteiger partial charge in [-0.1, -0.05) is 6.07 Å². The Morgan fingerprint density at radius 1 is 1.27 bits per heavy atom. The second kappa shape index (κ2) is 4.53. The van der Waals surface area contributed by atoms with Crippen LogP contribution in [0, 0.1) is 0 Å². The Labute approximate surface area is 93.4 Å². The van der Waals surface area contributed by atoms with Crippen molar-refractivity contribution in [3.63, 3.8) is 0 Å². The monoisotopic (exact) mass is 226 g/mol. The molecule has 5 heteroatoms. The van der Waals surface area contributed by atoms with Gasteiger partial charge in [0.1, 0.15) is 0 Å². The molecule has 0 spiro atoms.